The number of anilines is 1. The Balaban J connectivity index is 1.85. The van der Waals surface area contributed by atoms with Crippen LogP contribution in [0.1, 0.15) is 16.7 Å². The van der Waals surface area contributed by atoms with Crippen LogP contribution < -0.4 is 14.8 Å². The molecule has 1 amide bonds. The third-order valence-corrected chi connectivity index (χ3v) is 6.14. The summed E-state index contributed by atoms with van der Waals surface area (Å²) in [6, 6.07) is 18.1. The van der Waals surface area contributed by atoms with Crippen LogP contribution in [0.2, 0.25) is 10.0 Å². The molecule has 0 spiro atoms. The van der Waals surface area contributed by atoms with Crippen molar-refractivity contribution in [3.05, 3.63) is 90.5 Å². The van der Waals surface area contributed by atoms with E-state index in [0.717, 1.165) is 9.13 Å². The molecule has 3 rings (SSSR count). The van der Waals surface area contributed by atoms with Gasteiger partial charge in [0.05, 0.1) is 10.7 Å². The second kappa shape index (κ2) is 11.4. The van der Waals surface area contributed by atoms with Crippen molar-refractivity contribution in [1.82, 2.24) is 0 Å². The van der Waals surface area contributed by atoms with Crippen molar-refractivity contribution in [3.8, 4) is 17.6 Å². The minimum absolute atomic E-state index is 0.0362. The summed E-state index contributed by atoms with van der Waals surface area (Å²) in [5, 5.41) is 13.3. The molecule has 3 aromatic carbocycles. The van der Waals surface area contributed by atoms with E-state index in [0.29, 0.717) is 38.4 Å². The van der Waals surface area contributed by atoms with E-state index in [4.69, 9.17) is 32.7 Å². The number of nitrogens with zero attached hydrogens (tertiary/aromatic N) is 1. The zero-order valence-corrected chi connectivity index (χ0v) is 21.5. The maximum atomic E-state index is 12.6. The lowest BCUT2D eigenvalue weighted by Gasteiger charge is -2.15. The van der Waals surface area contributed by atoms with E-state index in [1.165, 1.54) is 13.2 Å². The smallest absolute Gasteiger partial charge is 0.266 e. The maximum absolute atomic E-state index is 12.6. The number of benzene rings is 3. The van der Waals surface area contributed by atoms with E-state index in [1.807, 2.05) is 31.2 Å². The molecule has 0 radical (unpaired) electrons. The highest BCUT2D eigenvalue weighted by molar-refractivity contribution is 14.1. The van der Waals surface area contributed by atoms with Crippen molar-refractivity contribution >= 4 is 63.5 Å². The summed E-state index contributed by atoms with van der Waals surface area (Å²) in [6.07, 6.45) is 1.50. The van der Waals surface area contributed by atoms with Crippen LogP contribution in [-0.2, 0) is 11.4 Å². The van der Waals surface area contributed by atoms with Gasteiger partial charge in [-0.3, -0.25) is 4.79 Å². The monoisotopic (exact) mass is 592 g/mol. The van der Waals surface area contributed by atoms with Crippen LogP contribution in [-0.4, -0.2) is 13.0 Å². The molecule has 8 heteroatoms. The van der Waals surface area contributed by atoms with Crippen molar-refractivity contribution in [3.63, 3.8) is 0 Å². The zero-order valence-electron chi connectivity index (χ0n) is 17.8. The topological polar surface area (TPSA) is 71.3 Å². The molecule has 0 saturated heterocycles. The molecule has 0 aliphatic heterocycles. The summed E-state index contributed by atoms with van der Waals surface area (Å²) in [4.78, 5) is 12.6. The number of methoxy groups -OCH3 is 1. The predicted molar refractivity (Wildman–Crippen MR) is 140 cm³/mol. The lowest BCUT2D eigenvalue weighted by molar-refractivity contribution is -0.112. The number of carbonyl (C=O) groups is 1. The molecule has 168 valence electrons. The van der Waals surface area contributed by atoms with Gasteiger partial charge in [-0.05, 0) is 83.1 Å². The molecule has 5 nitrogen and oxygen atoms in total. The number of hydrogen-bond donors (Lipinski definition) is 1. The summed E-state index contributed by atoms with van der Waals surface area (Å²) in [5.74, 6) is 0.465. The molecule has 3 aromatic rings. The summed E-state index contributed by atoms with van der Waals surface area (Å²) >= 11 is 14.6. The minimum Gasteiger partial charge on any atom is -0.493 e. The standard InChI is InChI=1S/C25H19Cl2IN2O3/c1-15-5-3-6-18(9-15)30-25(31)17(13-29)10-16-11-22(28)24(23(12-16)32-2)33-14-19-20(26)7-4-8-21(19)27/h3-12H,14H2,1-2H3,(H,30,31)/b17-10-. The van der Waals surface area contributed by atoms with Gasteiger partial charge >= 0.3 is 0 Å². The molecular weight excluding hydrogens is 574 g/mol. The Morgan fingerprint density at radius 2 is 1.85 bits per heavy atom. The number of carbonyl (C=O) groups excluding carboxylic acids is 1. The fourth-order valence-electron chi connectivity index (χ4n) is 3.01. The zero-order chi connectivity index (χ0) is 24.0. The number of aryl methyl sites for hydroxylation is 1. The first-order valence-corrected chi connectivity index (χ1v) is 11.6. The number of amides is 1. The Morgan fingerprint density at radius 1 is 1.15 bits per heavy atom. The normalized spacial score (nSPS) is 11.0. The van der Waals surface area contributed by atoms with Gasteiger partial charge < -0.3 is 14.8 Å². The average molecular weight is 593 g/mol. The van der Waals surface area contributed by atoms with Crippen LogP contribution in [0.3, 0.4) is 0 Å². The largest absolute Gasteiger partial charge is 0.493 e. The van der Waals surface area contributed by atoms with E-state index in [-0.39, 0.29) is 12.2 Å². The van der Waals surface area contributed by atoms with Crippen LogP contribution in [0, 0.1) is 21.8 Å². The summed E-state index contributed by atoms with van der Waals surface area (Å²) < 4.78 is 12.2. The molecule has 0 aromatic heterocycles. The van der Waals surface area contributed by atoms with Crippen LogP contribution >= 0.6 is 45.8 Å². The number of rotatable bonds is 7. The molecule has 0 saturated carbocycles. The Bertz CT molecular complexity index is 1250. The van der Waals surface area contributed by atoms with Crippen molar-refractivity contribution in [2.75, 3.05) is 12.4 Å². The fourth-order valence-corrected chi connectivity index (χ4v) is 4.30. The van der Waals surface area contributed by atoms with Gasteiger partial charge in [-0.1, -0.05) is 41.4 Å². The van der Waals surface area contributed by atoms with Crippen LogP contribution in [0.25, 0.3) is 6.08 Å². The van der Waals surface area contributed by atoms with Crippen LogP contribution in [0.5, 0.6) is 11.5 Å². The first-order chi connectivity index (χ1) is 15.8. The number of nitriles is 1. The molecule has 0 aliphatic carbocycles. The Kier molecular flexibility index (Phi) is 8.61. The number of halogens is 3. The molecule has 1 N–H and O–H groups in total. The highest BCUT2D eigenvalue weighted by atomic mass is 127. The van der Waals surface area contributed by atoms with Crippen molar-refractivity contribution < 1.29 is 14.3 Å². The lowest BCUT2D eigenvalue weighted by Crippen LogP contribution is -2.13. The van der Waals surface area contributed by atoms with Gasteiger partial charge in [0.25, 0.3) is 5.91 Å². The molecule has 33 heavy (non-hydrogen) atoms. The van der Waals surface area contributed by atoms with Gasteiger partial charge in [-0.15, -0.1) is 0 Å². The predicted octanol–water partition coefficient (Wildman–Crippen LogP) is 7.04. The average Bonchev–Trinajstić information content (AvgIpc) is 2.77. The summed E-state index contributed by atoms with van der Waals surface area (Å²) in [6.45, 7) is 2.08. The van der Waals surface area contributed by atoms with Gasteiger partial charge in [0.1, 0.15) is 18.2 Å². The van der Waals surface area contributed by atoms with Gasteiger partial charge in [0, 0.05) is 21.3 Å². The second-order valence-corrected chi connectivity index (χ2v) is 8.99. The molecule has 0 aliphatic rings. The van der Waals surface area contributed by atoms with Crippen LogP contribution in [0.4, 0.5) is 5.69 Å². The number of ether oxygens (including phenoxy) is 2. The fraction of sp³-hybridized carbons (Fsp3) is 0.120. The third-order valence-electron chi connectivity index (χ3n) is 4.63. The molecular formula is C25H19Cl2IN2O3. The summed E-state index contributed by atoms with van der Waals surface area (Å²) in [5.41, 5.74) is 2.88. The number of hydrogen-bond acceptors (Lipinski definition) is 4. The highest BCUT2D eigenvalue weighted by Gasteiger charge is 2.15. The Labute approximate surface area is 216 Å². The quantitative estimate of drug-likeness (QED) is 0.181. The van der Waals surface area contributed by atoms with Crippen molar-refractivity contribution in [1.29, 1.82) is 5.26 Å². The molecule has 0 unspecified atom stereocenters. The van der Waals surface area contributed by atoms with Gasteiger partial charge in [0.15, 0.2) is 11.5 Å². The van der Waals surface area contributed by atoms with E-state index in [9.17, 15) is 10.1 Å². The highest BCUT2D eigenvalue weighted by Crippen LogP contribution is 2.36. The summed E-state index contributed by atoms with van der Waals surface area (Å²) in [7, 11) is 1.52. The van der Waals surface area contributed by atoms with Gasteiger partial charge in [-0.2, -0.15) is 5.26 Å². The lowest BCUT2D eigenvalue weighted by atomic mass is 10.1. The minimum atomic E-state index is -0.495. The van der Waals surface area contributed by atoms with Crippen molar-refractivity contribution in [2.24, 2.45) is 0 Å². The number of nitrogens with one attached hydrogen (secondary N) is 1. The second-order valence-electron chi connectivity index (χ2n) is 7.02. The van der Waals surface area contributed by atoms with E-state index >= 15 is 0 Å². The van der Waals surface area contributed by atoms with Gasteiger partial charge in [-0.25, -0.2) is 0 Å². The Morgan fingerprint density at radius 3 is 2.48 bits per heavy atom. The first kappa shape index (κ1) is 24.9. The molecule has 0 heterocycles. The van der Waals surface area contributed by atoms with Gasteiger partial charge in [0.2, 0.25) is 0 Å². The first-order valence-electron chi connectivity index (χ1n) is 9.75. The van der Waals surface area contributed by atoms with Crippen LogP contribution in [0.15, 0.2) is 60.2 Å². The SMILES string of the molecule is COc1cc(/C=C(/C#N)C(=O)Nc2cccc(C)c2)cc(I)c1OCc1c(Cl)cccc1Cl. The van der Waals surface area contributed by atoms with E-state index in [1.54, 1.807) is 36.4 Å². The third kappa shape index (κ3) is 6.41. The van der Waals surface area contributed by atoms with E-state index in [2.05, 4.69) is 27.9 Å². The molecule has 0 atom stereocenters. The Hall–Kier alpha value is -2.73. The van der Waals surface area contributed by atoms with E-state index < -0.39 is 5.91 Å². The molecule has 0 fully saturated rings. The van der Waals surface area contributed by atoms with Crippen molar-refractivity contribution in [2.45, 2.75) is 13.5 Å². The maximum Gasteiger partial charge on any atom is 0.266 e. The molecule has 0 bridgehead atoms.